The predicted molar refractivity (Wildman–Crippen MR) is 113 cm³/mol. The summed E-state index contributed by atoms with van der Waals surface area (Å²) in [7, 11) is -0.509. The number of carbonyl (C=O) groups is 1. The van der Waals surface area contributed by atoms with Crippen LogP contribution in [0, 0.1) is 6.92 Å². The van der Waals surface area contributed by atoms with Crippen molar-refractivity contribution in [2.24, 2.45) is 0 Å². The van der Waals surface area contributed by atoms with Crippen LogP contribution in [0.3, 0.4) is 0 Å². The van der Waals surface area contributed by atoms with Gasteiger partial charge in [0, 0.05) is 56.9 Å². The van der Waals surface area contributed by atoms with E-state index in [4.69, 9.17) is 0 Å². The molecule has 7 nitrogen and oxygen atoms in total. The van der Waals surface area contributed by atoms with Crippen LogP contribution in [-0.2, 0) is 16.6 Å². The molecule has 0 spiro atoms. The molecule has 1 saturated heterocycles. The van der Waals surface area contributed by atoms with E-state index in [1.54, 1.807) is 23.5 Å². The topological polar surface area (TPSA) is 73.8 Å². The van der Waals surface area contributed by atoms with E-state index in [-0.39, 0.29) is 23.2 Å². The number of carbonyl (C=O) groups excluding carboxylic acids is 1. The van der Waals surface area contributed by atoms with Crippen molar-refractivity contribution in [2.45, 2.75) is 18.4 Å². The number of benzene rings is 1. The lowest BCUT2D eigenvalue weighted by atomic mass is 10.2. The van der Waals surface area contributed by atoms with Crippen LogP contribution in [0.2, 0.25) is 0 Å². The summed E-state index contributed by atoms with van der Waals surface area (Å²) in [6.07, 6.45) is 0. The van der Waals surface area contributed by atoms with E-state index in [0.717, 1.165) is 34.6 Å². The third kappa shape index (κ3) is 5.09. The van der Waals surface area contributed by atoms with Crippen molar-refractivity contribution < 1.29 is 13.2 Å². The molecule has 1 aliphatic heterocycles. The second-order valence-electron chi connectivity index (χ2n) is 6.76. The van der Waals surface area contributed by atoms with Gasteiger partial charge in [-0.15, -0.1) is 23.7 Å². The van der Waals surface area contributed by atoms with Crippen molar-refractivity contribution in [3.8, 4) is 0 Å². The summed E-state index contributed by atoms with van der Waals surface area (Å²) in [5, 5.41) is 3.15. The quantitative estimate of drug-likeness (QED) is 0.705. The lowest BCUT2D eigenvalue weighted by Gasteiger charge is -2.34. The SMILES string of the molecule is Cc1csc(CN2CCN(C(=O)c3ccc(S(=O)(=O)N(C)C)cc3)CC2)n1.Cl. The zero-order chi connectivity index (χ0) is 19.6. The average molecular weight is 445 g/mol. The highest BCUT2D eigenvalue weighted by Crippen LogP contribution is 2.17. The molecule has 2 heterocycles. The average Bonchev–Trinajstić information content (AvgIpc) is 3.06. The second kappa shape index (κ2) is 9.32. The van der Waals surface area contributed by atoms with Crippen molar-refractivity contribution in [1.29, 1.82) is 0 Å². The Kier molecular flexibility index (Phi) is 7.58. The highest BCUT2D eigenvalue weighted by atomic mass is 35.5. The smallest absolute Gasteiger partial charge is 0.253 e. The molecule has 0 bridgehead atoms. The molecule has 0 N–H and O–H groups in total. The number of rotatable bonds is 5. The van der Waals surface area contributed by atoms with E-state index in [2.05, 4.69) is 15.3 Å². The Hall–Kier alpha value is -1.52. The van der Waals surface area contributed by atoms with Crippen LogP contribution < -0.4 is 0 Å². The van der Waals surface area contributed by atoms with E-state index in [0.29, 0.717) is 18.7 Å². The maximum absolute atomic E-state index is 12.7. The Morgan fingerprint density at radius 2 is 1.75 bits per heavy atom. The second-order valence-corrected chi connectivity index (χ2v) is 9.86. The van der Waals surface area contributed by atoms with E-state index in [9.17, 15) is 13.2 Å². The highest BCUT2D eigenvalue weighted by Gasteiger charge is 2.23. The van der Waals surface area contributed by atoms with Crippen molar-refractivity contribution in [1.82, 2.24) is 19.1 Å². The Morgan fingerprint density at radius 3 is 2.25 bits per heavy atom. The van der Waals surface area contributed by atoms with Gasteiger partial charge in [0.25, 0.3) is 5.91 Å². The molecule has 1 fully saturated rings. The van der Waals surface area contributed by atoms with E-state index >= 15 is 0 Å². The molecule has 2 aromatic rings. The molecule has 1 aliphatic rings. The Bertz CT molecular complexity index is 905. The number of amides is 1. The van der Waals surface area contributed by atoms with Crippen LogP contribution >= 0.6 is 23.7 Å². The van der Waals surface area contributed by atoms with E-state index in [1.165, 1.54) is 26.2 Å². The van der Waals surface area contributed by atoms with Gasteiger partial charge in [-0.05, 0) is 31.2 Å². The number of aromatic nitrogens is 1. The summed E-state index contributed by atoms with van der Waals surface area (Å²) >= 11 is 1.67. The fourth-order valence-electron chi connectivity index (χ4n) is 2.94. The largest absolute Gasteiger partial charge is 0.336 e. The molecular weight excluding hydrogens is 420 g/mol. The van der Waals surface area contributed by atoms with Crippen LogP contribution in [-0.4, -0.2) is 73.7 Å². The van der Waals surface area contributed by atoms with E-state index in [1.807, 2.05) is 11.8 Å². The summed E-state index contributed by atoms with van der Waals surface area (Å²) in [5.74, 6) is -0.0615. The number of hydrogen-bond donors (Lipinski definition) is 0. The van der Waals surface area contributed by atoms with Gasteiger partial charge in [-0.1, -0.05) is 0 Å². The van der Waals surface area contributed by atoms with Gasteiger partial charge in [0.2, 0.25) is 10.0 Å². The monoisotopic (exact) mass is 444 g/mol. The Morgan fingerprint density at radius 1 is 1.14 bits per heavy atom. The summed E-state index contributed by atoms with van der Waals surface area (Å²) in [6.45, 7) is 5.72. The number of piperazine rings is 1. The number of aryl methyl sites for hydroxylation is 1. The van der Waals surface area contributed by atoms with Gasteiger partial charge in [0.05, 0.1) is 11.4 Å². The summed E-state index contributed by atoms with van der Waals surface area (Å²) in [6, 6.07) is 6.15. The molecule has 10 heteroatoms. The number of halogens is 1. The Labute approximate surface area is 176 Å². The van der Waals surface area contributed by atoms with Crippen LogP contribution in [0.5, 0.6) is 0 Å². The minimum Gasteiger partial charge on any atom is -0.336 e. The number of thiazole rings is 1. The van der Waals surface area contributed by atoms with Gasteiger partial charge in [-0.25, -0.2) is 17.7 Å². The van der Waals surface area contributed by atoms with Gasteiger partial charge in [0.1, 0.15) is 5.01 Å². The van der Waals surface area contributed by atoms with Gasteiger partial charge >= 0.3 is 0 Å². The molecule has 0 aliphatic carbocycles. The predicted octanol–water partition coefficient (Wildman–Crippen LogP) is 2.08. The van der Waals surface area contributed by atoms with Crippen molar-refractivity contribution >= 4 is 39.7 Å². The molecule has 0 atom stereocenters. The molecule has 154 valence electrons. The minimum atomic E-state index is -3.48. The fraction of sp³-hybridized carbons (Fsp3) is 0.444. The van der Waals surface area contributed by atoms with Crippen molar-refractivity contribution in [3.05, 3.63) is 45.9 Å². The third-order valence-electron chi connectivity index (χ3n) is 4.56. The molecule has 1 amide bonds. The maximum Gasteiger partial charge on any atom is 0.253 e. The molecule has 0 saturated carbocycles. The van der Waals surface area contributed by atoms with Crippen LogP contribution in [0.25, 0.3) is 0 Å². The zero-order valence-electron chi connectivity index (χ0n) is 16.2. The number of hydrogen-bond acceptors (Lipinski definition) is 6. The van der Waals surface area contributed by atoms with Crippen LogP contribution in [0.15, 0.2) is 34.5 Å². The molecular formula is C18H25ClN4O3S2. The first kappa shape index (κ1) is 22.8. The van der Waals surface area contributed by atoms with E-state index < -0.39 is 10.0 Å². The summed E-state index contributed by atoms with van der Waals surface area (Å²) < 4.78 is 25.4. The van der Waals surface area contributed by atoms with Crippen LogP contribution in [0.4, 0.5) is 0 Å². The van der Waals surface area contributed by atoms with Crippen molar-refractivity contribution in [2.75, 3.05) is 40.3 Å². The molecule has 3 rings (SSSR count). The van der Waals surface area contributed by atoms with Crippen molar-refractivity contribution in [3.63, 3.8) is 0 Å². The Balaban J connectivity index is 0.00000280. The fourth-order valence-corrected chi connectivity index (χ4v) is 4.65. The van der Waals surface area contributed by atoms with Gasteiger partial charge in [-0.3, -0.25) is 9.69 Å². The molecule has 0 unspecified atom stereocenters. The van der Waals surface area contributed by atoms with Gasteiger partial charge in [0.15, 0.2) is 0 Å². The first-order valence-corrected chi connectivity index (χ1v) is 11.0. The summed E-state index contributed by atoms with van der Waals surface area (Å²) in [4.78, 5) is 21.5. The van der Waals surface area contributed by atoms with Gasteiger partial charge in [-0.2, -0.15) is 0 Å². The first-order chi connectivity index (χ1) is 12.8. The first-order valence-electron chi connectivity index (χ1n) is 8.72. The van der Waals surface area contributed by atoms with Gasteiger partial charge < -0.3 is 4.90 Å². The number of sulfonamides is 1. The number of nitrogens with zero attached hydrogens (tertiary/aromatic N) is 4. The molecule has 1 aromatic heterocycles. The highest BCUT2D eigenvalue weighted by molar-refractivity contribution is 7.89. The lowest BCUT2D eigenvalue weighted by Crippen LogP contribution is -2.48. The standard InChI is InChI=1S/C18H24N4O3S2.ClH/c1-14-13-26-17(19-14)12-21-8-10-22(11-9-21)18(23)15-4-6-16(7-5-15)27(24,25)20(2)3;/h4-7,13H,8-12H2,1-3H3;1H. The summed E-state index contributed by atoms with van der Waals surface area (Å²) in [5.41, 5.74) is 1.56. The molecule has 1 aromatic carbocycles. The minimum absolute atomic E-state index is 0. The zero-order valence-corrected chi connectivity index (χ0v) is 18.6. The lowest BCUT2D eigenvalue weighted by molar-refractivity contribution is 0.0628. The normalized spacial score (nSPS) is 15.5. The third-order valence-corrected chi connectivity index (χ3v) is 7.35. The molecule has 28 heavy (non-hydrogen) atoms. The maximum atomic E-state index is 12.7. The van der Waals surface area contributed by atoms with Crippen LogP contribution in [0.1, 0.15) is 21.1 Å². The molecule has 0 radical (unpaired) electrons.